The molecule has 0 spiro atoms. The Labute approximate surface area is 138 Å². The van der Waals surface area contributed by atoms with Gasteiger partial charge in [-0.25, -0.2) is 14.4 Å². The van der Waals surface area contributed by atoms with Gasteiger partial charge < -0.3 is 10.3 Å². The number of nitrogens with two attached hydrogens (primary N) is 1. The monoisotopic (exact) mass is 324 g/mol. The van der Waals surface area contributed by atoms with Gasteiger partial charge in [-0.2, -0.15) is 0 Å². The summed E-state index contributed by atoms with van der Waals surface area (Å²) in [5.41, 5.74) is 7.67. The van der Waals surface area contributed by atoms with Crippen LogP contribution in [0.2, 0.25) is 0 Å². The quantitative estimate of drug-likeness (QED) is 0.802. The van der Waals surface area contributed by atoms with Gasteiger partial charge in [0.25, 0.3) is 5.56 Å². The number of nitrogens with zero attached hydrogens (tertiary/aromatic N) is 3. The van der Waals surface area contributed by atoms with Gasteiger partial charge in [0.2, 0.25) is 5.95 Å². The van der Waals surface area contributed by atoms with Crippen LogP contribution in [-0.4, -0.2) is 14.5 Å². The Morgan fingerprint density at radius 2 is 1.88 bits per heavy atom. The summed E-state index contributed by atoms with van der Waals surface area (Å²) in [5.74, 6) is -0.330. The highest BCUT2D eigenvalue weighted by Gasteiger charge is 2.15. The van der Waals surface area contributed by atoms with Crippen molar-refractivity contribution in [3.8, 4) is 22.4 Å². The van der Waals surface area contributed by atoms with Crippen LogP contribution in [0, 0.1) is 5.82 Å². The van der Waals surface area contributed by atoms with Gasteiger partial charge in [-0.1, -0.05) is 12.1 Å². The molecule has 0 saturated heterocycles. The van der Waals surface area contributed by atoms with Crippen LogP contribution in [0.1, 0.15) is 19.9 Å². The average molecular weight is 324 g/mol. The minimum absolute atomic E-state index is 0.00376. The van der Waals surface area contributed by atoms with E-state index in [1.807, 2.05) is 13.8 Å². The van der Waals surface area contributed by atoms with Gasteiger partial charge in [0, 0.05) is 41.2 Å². The Kier molecular flexibility index (Phi) is 4.12. The summed E-state index contributed by atoms with van der Waals surface area (Å²) in [6.45, 7) is 3.84. The fourth-order valence-electron chi connectivity index (χ4n) is 2.53. The van der Waals surface area contributed by atoms with Crippen LogP contribution in [0.4, 0.5) is 10.3 Å². The van der Waals surface area contributed by atoms with E-state index >= 15 is 0 Å². The largest absolute Gasteiger partial charge is 0.368 e. The van der Waals surface area contributed by atoms with E-state index in [1.54, 1.807) is 41.2 Å². The maximum Gasteiger partial charge on any atom is 0.250 e. The van der Waals surface area contributed by atoms with E-state index in [9.17, 15) is 9.18 Å². The molecule has 6 heteroatoms. The molecule has 5 nitrogen and oxygen atoms in total. The summed E-state index contributed by atoms with van der Waals surface area (Å²) in [6.07, 6.45) is 3.28. The van der Waals surface area contributed by atoms with E-state index in [-0.39, 0.29) is 17.5 Å². The summed E-state index contributed by atoms with van der Waals surface area (Å²) in [4.78, 5) is 20.2. The molecule has 3 rings (SSSR count). The lowest BCUT2D eigenvalue weighted by Gasteiger charge is -2.14. The second-order valence-corrected chi connectivity index (χ2v) is 5.73. The standard InChI is InChI=1S/C18H17FN4O/c1-11(2)23-10-12(7-8-16(23)24)14-9-21-18(20)22-17(14)13-5-3-4-6-15(13)19/h3-11H,1-2H3,(H2,20,21,22). The molecule has 1 aromatic carbocycles. The molecule has 0 fully saturated rings. The highest BCUT2D eigenvalue weighted by molar-refractivity contribution is 5.80. The molecule has 0 saturated carbocycles. The first-order valence-electron chi connectivity index (χ1n) is 7.57. The zero-order valence-electron chi connectivity index (χ0n) is 13.4. The minimum atomic E-state index is -0.394. The average Bonchev–Trinajstić information content (AvgIpc) is 2.55. The molecule has 122 valence electrons. The van der Waals surface area contributed by atoms with Crippen molar-refractivity contribution in [3.05, 3.63) is 65.0 Å². The first kappa shape index (κ1) is 15.9. The summed E-state index contributed by atoms with van der Waals surface area (Å²) < 4.78 is 15.8. The molecule has 0 atom stereocenters. The molecule has 2 N–H and O–H groups in total. The zero-order chi connectivity index (χ0) is 17.3. The number of hydrogen-bond donors (Lipinski definition) is 1. The highest BCUT2D eigenvalue weighted by atomic mass is 19.1. The molecule has 0 aliphatic heterocycles. The van der Waals surface area contributed by atoms with Crippen molar-refractivity contribution in [2.45, 2.75) is 19.9 Å². The molecule has 0 amide bonds. The molecule has 2 aromatic heterocycles. The van der Waals surface area contributed by atoms with E-state index < -0.39 is 5.82 Å². The van der Waals surface area contributed by atoms with Crippen LogP contribution >= 0.6 is 0 Å². The van der Waals surface area contributed by atoms with Gasteiger partial charge in [-0.3, -0.25) is 4.79 Å². The number of hydrogen-bond acceptors (Lipinski definition) is 4. The summed E-state index contributed by atoms with van der Waals surface area (Å²) >= 11 is 0. The maximum atomic E-state index is 14.2. The maximum absolute atomic E-state index is 14.2. The van der Waals surface area contributed by atoms with Crippen molar-refractivity contribution in [2.24, 2.45) is 0 Å². The molecular weight excluding hydrogens is 307 g/mol. The highest BCUT2D eigenvalue weighted by Crippen LogP contribution is 2.31. The van der Waals surface area contributed by atoms with Crippen LogP contribution in [-0.2, 0) is 0 Å². The van der Waals surface area contributed by atoms with Crippen molar-refractivity contribution in [2.75, 3.05) is 5.73 Å². The smallest absolute Gasteiger partial charge is 0.250 e. The topological polar surface area (TPSA) is 73.8 Å². The van der Waals surface area contributed by atoms with Gasteiger partial charge in [-0.05, 0) is 32.0 Å². The molecule has 0 aliphatic rings. The second kappa shape index (κ2) is 6.23. The Balaban J connectivity index is 2.25. The van der Waals surface area contributed by atoms with Crippen LogP contribution in [0.15, 0.2) is 53.6 Å². The van der Waals surface area contributed by atoms with Crippen LogP contribution in [0.25, 0.3) is 22.4 Å². The molecule has 0 bridgehead atoms. The first-order chi connectivity index (χ1) is 11.5. The molecule has 0 aliphatic carbocycles. The fraction of sp³-hybridized carbons (Fsp3) is 0.167. The lowest BCUT2D eigenvalue weighted by atomic mass is 10.0. The van der Waals surface area contributed by atoms with E-state index in [1.165, 1.54) is 12.1 Å². The Bertz CT molecular complexity index is 950. The van der Waals surface area contributed by atoms with Crippen molar-refractivity contribution >= 4 is 5.95 Å². The predicted molar refractivity (Wildman–Crippen MR) is 91.9 cm³/mol. The molecular formula is C18H17FN4O. The van der Waals surface area contributed by atoms with E-state index in [0.717, 1.165) is 5.56 Å². The van der Waals surface area contributed by atoms with Crippen LogP contribution in [0.5, 0.6) is 0 Å². The van der Waals surface area contributed by atoms with Gasteiger partial charge >= 0.3 is 0 Å². The number of nitrogen functional groups attached to an aromatic ring is 1. The number of aromatic nitrogens is 3. The van der Waals surface area contributed by atoms with Gasteiger partial charge in [-0.15, -0.1) is 0 Å². The molecule has 2 heterocycles. The third-order valence-corrected chi connectivity index (χ3v) is 3.74. The van der Waals surface area contributed by atoms with Crippen molar-refractivity contribution in [1.29, 1.82) is 0 Å². The fourth-order valence-corrected chi connectivity index (χ4v) is 2.53. The number of benzene rings is 1. The molecule has 0 unspecified atom stereocenters. The Morgan fingerprint density at radius 1 is 1.12 bits per heavy atom. The molecule has 0 radical (unpaired) electrons. The van der Waals surface area contributed by atoms with Gasteiger partial charge in [0.15, 0.2) is 0 Å². The van der Waals surface area contributed by atoms with Crippen LogP contribution < -0.4 is 11.3 Å². The SMILES string of the molecule is CC(C)n1cc(-c2cnc(N)nc2-c2ccccc2F)ccc1=O. The predicted octanol–water partition coefficient (Wildman–Crippen LogP) is 3.27. The summed E-state index contributed by atoms with van der Waals surface area (Å²) in [6, 6.07) is 9.52. The van der Waals surface area contributed by atoms with Gasteiger partial charge in [0.1, 0.15) is 5.82 Å². The van der Waals surface area contributed by atoms with E-state index in [4.69, 9.17) is 5.73 Å². The Morgan fingerprint density at radius 3 is 2.58 bits per heavy atom. The molecule has 3 aromatic rings. The minimum Gasteiger partial charge on any atom is -0.368 e. The normalized spacial score (nSPS) is 11.0. The van der Waals surface area contributed by atoms with E-state index in [2.05, 4.69) is 9.97 Å². The third kappa shape index (κ3) is 2.90. The first-order valence-corrected chi connectivity index (χ1v) is 7.57. The van der Waals surface area contributed by atoms with E-state index in [0.29, 0.717) is 16.8 Å². The third-order valence-electron chi connectivity index (χ3n) is 3.74. The van der Waals surface area contributed by atoms with Gasteiger partial charge in [0.05, 0.1) is 5.69 Å². The van der Waals surface area contributed by atoms with Crippen molar-refractivity contribution in [3.63, 3.8) is 0 Å². The lowest BCUT2D eigenvalue weighted by molar-refractivity contribution is 0.579. The van der Waals surface area contributed by atoms with Crippen LogP contribution in [0.3, 0.4) is 0 Å². The number of rotatable bonds is 3. The Hall–Kier alpha value is -3.02. The number of anilines is 1. The zero-order valence-corrected chi connectivity index (χ0v) is 13.4. The number of pyridine rings is 1. The second-order valence-electron chi connectivity index (χ2n) is 5.73. The number of halogens is 1. The van der Waals surface area contributed by atoms with Crippen molar-refractivity contribution in [1.82, 2.24) is 14.5 Å². The molecule has 24 heavy (non-hydrogen) atoms. The summed E-state index contributed by atoms with van der Waals surface area (Å²) in [5, 5.41) is 0. The van der Waals surface area contributed by atoms with Crippen molar-refractivity contribution < 1.29 is 4.39 Å². The lowest BCUT2D eigenvalue weighted by Crippen LogP contribution is -2.20. The summed E-state index contributed by atoms with van der Waals surface area (Å²) in [7, 11) is 0.